The summed E-state index contributed by atoms with van der Waals surface area (Å²) in [5, 5.41) is 12.9. The molecule has 9 nitrogen and oxygen atoms in total. The number of piperidine rings is 2. The molecule has 0 spiro atoms. The number of rotatable bonds is 8. The van der Waals surface area contributed by atoms with Gasteiger partial charge in [0.15, 0.2) is 0 Å². The second-order valence-corrected chi connectivity index (χ2v) is 17.5. The maximum Gasteiger partial charge on any atom is 0.262 e. The van der Waals surface area contributed by atoms with Gasteiger partial charge in [0, 0.05) is 69.7 Å². The number of allylic oxidation sites excluding steroid dienone is 1. The van der Waals surface area contributed by atoms with Crippen molar-refractivity contribution >= 4 is 23.4 Å². The monoisotopic (exact) mass is 761 g/mol. The van der Waals surface area contributed by atoms with Gasteiger partial charge in [-0.1, -0.05) is 55.1 Å². The number of anilines is 1. The highest BCUT2D eigenvalue weighted by Gasteiger charge is 2.45. The number of amides is 3. The summed E-state index contributed by atoms with van der Waals surface area (Å²) in [6, 6.07) is 29.3. The lowest BCUT2D eigenvalue weighted by atomic mass is 9.69. The predicted molar refractivity (Wildman–Crippen MR) is 220 cm³/mol. The van der Waals surface area contributed by atoms with Crippen molar-refractivity contribution in [3.8, 4) is 5.75 Å². The Morgan fingerprint density at radius 3 is 2.05 bits per heavy atom. The number of benzene rings is 4. The summed E-state index contributed by atoms with van der Waals surface area (Å²) >= 11 is 0. The van der Waals surface area contributed by atoms with Crippen LogP contribution >= 0.6 is 0 Å². The molecule has 10 rings (SSSR count). The summed E-state index contributed by atoms with van der Waals surface area (Å²) in [5.41, 5.74) is 10.4. The normalized spacial score (nSPS) is 24.3. The van der Waals surface area contributed by atoms with Crippen molar-refractivity contribution in [1.29, 1.82) is 0 Å². The van der Waals surface area contributed by atoms with Gasteiger partial charge in [0.1, 0.15) is 11.8 Å². The zero-order valence-corrected chi connectivity index (χ0v) is 32.5. The van der Waals surface area contributed by atoms with Gasteiger partial charge in [-0.05, 0) is 126 Å². The standard InChI is InChI=1S/C48H51N5O4/c1-30-7-16-44(46(55)49-30)53-47(56)42-22-36-28-51(29-37(36)23-43(42)48(53)57)27-32-25-50(26-32)24-31-17-19-52(20-18-31)38-11-8-34(9-12-38)45-40(33-5-3-2-4-6-33)14-10-35-21-39(54)13-15-41(35)45/h2-6,8-9,11-13,15,21-23,31-32,40,44-45,54H,1,7,10,14,16-20,24-29H2,(H,49,55). The van der Waals surface area contributed by atoms with Crippen LogP contribution in [-0.2, 0) is 24.3 Å². The Morgan fingerprint density at radius 2 is 1.37 bits per heavy atom. The molecule has 4 aromatic carbocycles. The van der Waals surface area contributed by atoms with Crippen LogP contribution in [0.4, 0.5) is 5.69 Å². The summed E-state index contributed by atoms with van der Waals surface area (Å²) in [5.74, 6) is 1.33. The highest BCUT2D eigenvalue weighted by atomic mass is 16.3. The van der Waals surface area contributed by atoms with Crippen LogP contribution in [0.2, 0.25) is 0 Å². The van der Waals surface area contributed by atoms with Crippen LogP contribution in [0.5, 0.6) is 5.75 Å². The van der Waals surface area contributed by atoms with E-state index in [1.54, 1.807) is 0 Å². The molecule has 9 heteroatoms. The first kappa shape index (κ1) is 36.1. The second kappa shape index (κ2) is 14.6. The first-order valence-corrected chi connectivity index (χ1v) is 20.9. The van der Waals surface area contributed by atoms with Gasteiger partial charge >= 0.3 is 0 Å². The highest BCUT2D eigenvalue weighted by molar-refractivity contribution is 6.23. The molecule has 3 atom stereocenters. The quantitative estimate of drug-likeness (QED) is 0.191. The Balaban J connectivity index is 0.702. The number of carbonyl (C=O) groups is 3. The molecule has 5 heterocycles. The Bertz CT molecular complexity index is 2200. The summed E-state index contributed by atoms with van der Waals surface area (Å²) < 4.78 is 0. The third-order valence-electron chi connectivity index (χ3n) is 13.8. The van der Waals surface area contributed by atoms with Crippen LogP contribution in [0.3, 0.4) is 0 Å². The maximum atomic E-state index is 13.4. The van der Waals surface area contributed by atoms with Crippen molar-refractivity contribution in [2.24, 2.45) is 11.8 Å². The number of nitrogens with zero attached hydrogens (tertiary/aromatic N) is 4. The molecule has 3 amide bonds. The van der Waals surface area contributed by atoms with Crippen LogP contribution in [-0.4, -0.2) is 82.8 Å². The third kappa shape index (κ3) is 6.74. The Hall–Kier alpha value is -5.25. The Labute approximate surface area is 335 Å². The first-order valence-electron chi connectivity index (χ1n) is 20.9. The van der Waals surface area contributed by atoms with Crippen molar-refractivity contribution in [1.82, 2.24) is 20.0 Å². The number of hydrogen-bond donors (Lipinski definition) is 2. The SMILES string of the molecule is C=C1CCC(N2C(=O)c3cc4c(cc3C2=O)CN(CC2CN(CC3CCN(c5ccc(C6c7ccc(O)cc7CCC6c6ccccc6)cc5)CC3)C2)C4)C(=O)N1. The average molecular weight is 762 g/mol. The van der Waals surface area contributed by atoms with Crippen LogP contribution in [0.1, 0.15) is 98.0 Å². The molecule has 1 aliphatic carbocycles. The number of aromatic hydroxyl groups is 1. The maximum absolute atomic E-state index is 13.4. The minimum absolute atomic E-state index is 0.265. The number of hydrogen-bond acceptors (Lipinski definition) is 7. The zero-order valence-electron chi connectivity index (χ0n) is 32.5. The molecule has 3 fully saturated rings. The van der Waals surface area contributed by atoms with E-state index in [1.807, 2.05) is 24.3 Å². The van der Waals surface area contributed by atoms with Crippen LogP contribution in [0.15, 0.2) is 97.2 Å². The number of phenolic OH excluding ortho intramolecular Hbond substituents is 1. The summed E-state index contributed by atoms with van der Waals surface area (Å²) in [6.07, 6.45) is 5.44. The van der Waals surface area contributed by atoms with Gasteiger partial charge in [-0.3, -0.25) is 24.2 Å². The lowest BCUT2D eigenvalue weighted by molar-refractivity contribution is -0.125. The molecule has 4 aromatic rings. The van der Waals surface area contributed by atoms with Gasteiger partial charge in [0.2, 0.25) is 5.91 Å². The van der Waals surface area contributed by atoms with E-state index in [0.29, 0.717) is 47.3 Å². The Morgan fingerprint density at radius 1 is 0.684 bits per heavy atom. The van der Waals surface area contributed by atoms with Crippen LogP contribution < -0.4 is 10.2 Å². The molecule has 2 N–H and O–H groups in total. The van der Waals surface area contributed by atoms with Crippen molar-refractivity contribution in [3.05, 3.63) is 142 Å². The number of phenols is 1. The molecule has 0 aromatic heterocycles. The van der Waals surface area contributed by atoms with Gasteiger partial charge in [-0.2, -0.15) is 0 Å². The fourth-order valence-electron chi connectivity index (χ4n) is 10.9. The van der Waals surface area contributed by atoms with Crippen molar-refractivity contribution < 1.29 is 19.5 Å². The molecule has 0 radical (unpaired) electrons. The molecular weight excluding hydrogens is 711 g/mol. The van der Waals surface area contributed by atoms with Crippen LogP contribution in [0, 0.1) is 11.8 Å². The van der Waals surface area contributed by atoms with E-state index >= 15 is 0 Å². The molecular formula is C48H51N5O4. The van der Waals surface area contributed by atoms with E-state index in [2.05, 4.69) is 87.3 Å². The minimum Gasteiger partial charge on any atom is -0.508 e. The lowest BCUT2D eigenvalue weighted by Gasteiger charge is -2.44. The summed E-state index contributed by atoms with van der Waals surface area (Å²) in [4.78, 5) is 48.2. The molecule has 5 aliphatic heterocycles. The van der Waals surface area contributed by atoms with Gasteiger partial charge < -0.3 is 20.2 Å². The third-order valence-corrected chi connectivity index (χ3v) is 13.8. The van der Waals surface area contributed by atoms with Gasteiger partial charge in [-0.15, -0.1) is 0 Å². The smallest absolute Gasteiger partial charge is 0.262 e. The topological polar surface area (TPSA) is 96.4 Å². The van der Waals surface area contributed by atoms with E-state index in [-0.39, 0.29) is 23.6 Å². The molecule has 3 unspecified atom stereocenters. The van der Waals surface area contributed by atoms with Crippen molar-refractivity contribution in [3.63, 3.8) is 0 Å². The van der Waals surface area contributed by atoms with E-state index in [1.165, 1.54) is 47.3 Å². The second-order valence-electron chi connectivity index (χ2n) is 17.5. The van der Waals surface area contributed by atoms with Crippen molar-refractivity contribution in [2.45, 2.75) is 69.5 Å². The lowest BCUT2D eigenvalue weighted by Crippen LogP contribution is -2.53. The Kier molecular flexibility index (Phi) is 9.25. The number of carbonyl (C=O) groups excluding carboxylic acids is 3. The number of likely N-dealkylation sites (tertiary alicyclic amines) is 1. The summed E-state index contributed by atoms with van der Waals surface area (Å²) in [7, 11) is 0. The van der Waals surface area contributed by atoms with Crippen molar-refractivity contribution in [2.75, 3.05) is 44.2 Å². The number of fused-ring (bicyclic) bond motifs is 3. The van der Waals surface area contributed by atoms with Gasteiger partial charge in [-0.25, -0.2) is 0 Å². The largest absolute Gasteiger partial charge is 0.508 e. The van der Waals surface area contributed by atoms with Crippen LogP contribution in [0.25, 0.3) is 0 Å². The molecule has 0 saturated carbocycles. The average Bonchev–Trinajstić information content (AvgIpc) is 3.72. The minimum atomic E-state index is -0.779. The van der Waals surface area contributed by atoms with E-state index in [0.717, 1.165) is 80.6 Å². The van der Waals surface area contributed by atoms with Gasteiger partial charge in [0.05, 0.1) is 11.1 Å². The first-order chi connectivity index (χ1) is 27.8. The predicted octanol–water partition coefficient (Wildman–Crippen LogP) is 6.81. The fourth-order valence-corrected chi connectivity index (χ4v) is 10.9. The summed E-state index contributed by atoms with van der Waals surface area (Å²) in [6.45, 7) is 12.0. The zero-order chi connectivity index (χ0) is 38.8. The molecule has 292 valence electrons. The molecule has 0 bridgehead atoms. The highest BCUT2D eigenvalue weighted by Crippen LogP contribution is 2.47. The number of nitrogens with one attached hydrogen (secondary N) is 1. The van der Waals surface area contributed by atoms with E-state index in [9.17, 15) is 19.5 Å². The molecule has 3 saturated heterocycles. The number of aryl methyl sites for hydroxylation is 1. The van der Waals surface area contributed by atoms with E-state index in [4.69, 9.17) is 0 Å². The van der Waals surface area contributed by atoms with Gasteiger partial charge in [0.25, 0.3) is 11.8 Å². The number of imide groups is 1. The van der Waals surface area contributed by atoms with E-state index < -0.39 is 6.04 Å². The molecule has 57 heavy (non-hydrogen) atoms. The fraction of sp³-hybridized carbons (Fsp3) is 0.396. The molecule has 6 aliphatic rings.